The predicted molar refractivity (Wildman–Crippen MR) is 209 cm³/mol. The van der Waals surface area contributed by atoms with Crippen molar-refractivity contribution in [3.8, 4) is 5.75 Å². The van der Waals surface area contributed by atoms with Crippen LogP contribution < -0.4 is 26.0 Å². The van der Waals surface area contributed by atoms with E-state index in [-0.39, 0.29) is 41.5 Å². The number of carbonyl (C=O) groups excluding carboxylic acids is 7. The summed E-state index contributed by atoms with van der Waals surface area (Å²) < 4.78 is 36.1. The van der Waals surface area contributed by atoms with Crippen molar-refractivity contribution in [2.75, 3.05) is 64.7 Å². The van der Waals surface area contributed by atoms with Gasteiger partial charge in [0.15, 0.2) is 6.61 Å². The van der Waals surface area contributed by atoms with Gasteiger partial charge in [0.05, 0.1) is 48.7 Å². The number of carbonyl (C=O) groups is 7. The summed E-state index contributed by atoms with van der Waals surface area (Å²) in [6, 6.07) is 7.41. The molecule has 2 aromatic carbocycles. The van der Waals surface area contributed by atoms with Crippen LogP contribution in [0.25, 0.3) is 11.6 Å². The number of nitrogens with one attached hydrogen (secondary N) is 5. The number of imide groups is 2. The van der Waals surface area contributed by atoms with Gasteiger partial charge >= 0.3 is 0 Å². The van der Waals surface area contributed by atoms with E-state index in [1.807, 2.05) is 0 Å². The van der Waals surface area contributed by atoms with Crippen LogP contribution in [-0.2, 0) is 33.4 Å². The fraction of sp³-hybridized carbons (Fsp3) is 0.390. The predicted octanol–water partition coefficient (Wildman–Crippen LogP) is 2.42. The number of H-pyrrole nitrogens is 1. The Balaban J connectivity index is 0.778. The zero-order valence-electron chi connectivity index (χ0n) is 32.6. The summed E-state index contributed by atoms with van der Waals surface area (Å²) in [6.45, 7) is 6.08. The number of fused-ring (bicyclic) bond motifs is 2. The molecule has 17 nitrogen and oxygen atoms in total. The Bertz CT molecular complexity index is 2180. The van der Waals surface area contributed by atoms with E-state index in [4.69, 9.17) is 18.9 Å². The summed E-state index contributed by atoms with van der Waals surface area (Å²) in [7, 11) is 0. The normalized spacial score (nSPS) is 16.6. The van der Waals surface area contributed by atoms with Crippen LogP contribution in [0.5, 0.6) is 5.75 Å². The minimum Gasteiger partial charge on any atom is -0.483 e. The molecule has 1 fully saturated rings. The van der Waals surface area contributed by atoms with Crippen molar-refractivity contribution < 1.29 is 56.9 Å². The number of piperidine rings is 1. The Kier molecular flexibility index (Phi) is 14.0. The molecule has 1 atom stereocenters. The Morgan fingerprint density at radius 1 is 0.864 bits per heavy atom. The number of nitrogens with zero attached hydrogens (tertiary/aromatic N) is 1. The Morgan fingerprint density at radius 3 is 2.27 bits per heavy atom. The van der Waals surface area contributed by atoms with Crippen molar-refractivity contribution in [1.29, 1.82) is 0 Å². The van der Waals surface area contributed by atoms with E-state index in [0.717, 1.165) is 4.90 Å². The van der Waals surface area contributed by atoms with Gasteiger partial charge in [0.2, 0.25) is 11.8 Å². The highest BCUT2D eigenvalue weighted by atomic mass is 19.1. The van der Waals surface area contributed by atoms with Crippen molar-refractivity contribution in [2.24, 2.45) is 0 Å². The number of hydrogen-bond acceptors (Lipinski definition) is 11. The second-order valence-corrected chi connectivity index (χ2v) is 13.9. The zero-order chi connectivity index (χ0) is 42.1. The van der Waals surface area contributed by atoms with Gasteiger partial charge in [-0.3, -0.25) is 43.8 Å². The maximum Gasteiger partial charge on any atom is 0.266 e. The van der Waals surface area contributed by atoms with E-state index in [0.29, 0.717) is 105 Å². The third-order valence-electron chi connectivity index (χ3n) is 9.83. The summed E-state index contributed by atoms with van der Waals surface area (Å²) in [5.41, 5.74) is 3.73. The molecular weight excluding hydrogens is 771 g/mol. The lowest BCUT2D eigenvalue weighted by Gasteiger charge is -2.27. The summed E-state index contributed by atoms with van der Waals surface area (Å²) >= 11 is 0. The third kappa shape index (κ3) is 10.1. The monoisotopic (exact) mass is 816 g/mol. The van der Waals surface area contributed by atoms with E-state index in [2.05, 4.69) is 26.3 Å². The highest BCUT2D eigenvalue weighted by Gasteiger charge is 2.46. The molecule has 3 aromatic rings. The van der Waals surface area contributed by atoms with E-state index in [9.17, 15) is 38.0 Å². The van der Waals surface area contributed by atoms with Crippen LogP contribution in [0.3, 0.4) is 0 Å². The lowest BCUT2D eigenvalue weighted by molar-refractivity contribution is -0.136. The standard InChI is InChI=1S/C41H45FN6O11/c1-23-30(21-28-27-20-25(42)8-9-29(27)46-37(28)51)45-24(2)35(23)39(53)44-13-5-15-57-17-19-58-18-16-56-14-4-12-43-34(50)22-59-32-7-3-6-26-36(32)41(55)48(40(26)54)31-10-11-33(49)47-38(31)52/h3,6-9,20-21,31,45H,4-5,10-19,22H2,1-2H3,(H,43,50)(H,44,53)(H,46,51)(H,47,49,52)/b28-21-. The van der Waals surface area contributed by atoms with Crippen molar-refractivity contribution in [3.05, 3.63) is 81.4 Å². The number of anilines is 1. The molecule has 0 radical (unpaired) electrons. The first-order valence-electron chi connectivity index (χ1n) is 19.2. The first-order chi connectivity index (χ1) is 28.4. The first kappa shape index (κ1) is 42.4. The summed E-state index contributed by atoms with van der Waals surface area (Å²) in [4.78, 5) is 91.8. The molecule has 18 heteroatoms. The SMILES string of the molecule is Cc1[nH]c(/C=C2\C(=O)Nc3ccc(F)cc32)c(C)c1C(=O)NCCCOCCOCCOCCCNC(=O)COc1cccc2c1C(=O)N(C1CCC(=O)NC1=O)C2=O. The lowest BCUT2D eigenvalue weighted by Crippen LogP contribution is -2.54. The van der Waals surface area contributed by atoms with Crippen LogP contribution in [0.15, 0.2) is 36.4 Å². The van der Waals surface area contributed by atoms with E-state index in [1.165, 1.54) is 36.4 Å². The Hall–Kier alpha value is -6.24. The van der Waals surface area contributed by atoms with Crippen LogP contribution in [0.4, 0.5) is 10.1 Å². The highest BCUT2D eigenvalue weighted by molar-refractivity contribution is 6.35. The summed E-state index contributed by atoms with van der Waals surface area (Å²) in [6.07, 6.45) is 2.77. The van der Waals surface area contributed by atoms with Crippen molar-refractivity contribution in [3.63, 3.8) is 0 Å². The van der Waals surface area contributed by atoms with Crippen LogP contribution >= 0.6 is 0 Å². The molecule has 3 aliphatic heterocycles. The number of rotatable bonds is 20. The molecule has 59 heavy (non-hydrogen) atoms. The number of halogens is 1. The van der Waals surface area contributed by atoms with Gasteiger partial charge in [-0.15, -0.1) is 0 Å². The molecule has 5 N–H and O–H groups in total. The van der Waals surface area contributed by atoms with Crippen molar-refractivity contribution >= 4 is 58.7 Å². The van der Waals surface area contributed by atoms with Crippen LogP contribution in [0.1, 0.15) is 79.3 Å². The van der Waals surface area contributed by atoms with E-state index >= 15 is 0 Å². The van der Waals surface area contributed by atoms with Crippen LogP contribution in [-0.4, -0.2) is 117 Å². The molecule has 0 aliphatic carbocycles. The van der Waals surface area contributed by atoms with Crippen molar-refractivity contribution in [1.82, 2.24) is 25.8 Å². The summed E-state index contributed by atoms with van der Waals surface area (Å²) in [5, 5.41) is 10.5. The van der Waals surface area contributed by atoms with E-state index < -0.39 is 48.0 Å². The topological polar surface area (TPSA) is 224 Å². The molecule has 1 saturated heterocycles. The number of aryl methyl sites for hydroxylation is 1. The fourth-order valence-electron chi connectivity index (χ4n) is 6.91. The van der Waals surface area contributed by atoms with Gasteiger partial charge in [-0.25, -0.2) is 4.39 Å². The van der Waals surface area contributed by atoms with E-state index in [1.54, 1.807) is 19.9 Å². The average Bonchev–Trinajstić information content (AvgIpc) is 3.77. The highest BCUT2D eigenvalue weighted by Crippen LogP contribution is 2.35. The molecule has 6 rings (SSSR count). The average molecular weight is 817 g/mol. The fourth-order valence-corrected chi connectivity index (χ4v) is 6.91. The largest absolute Gasteiger partial charge is 0.483 e. The number of aromatic nitrogens is 1. The number of aromatic amines is 1. The molecule has 1 aromatic heterocycles. The minimum absolute atomic E-state index is 0.00280. The number of benzene rings is 2. The third-order valence-corrected chi connectivity index (χ3v) is 9.83. The van der Waals surface area contributed by atoms with Gasteiger partial charge < -0.3 is 39.9 Å². The maximum atomic E-state index is 13.8. The van der Waals surface area contributed by atoms with Crippen molar-refractivity contribution in [2.45, 2.75) is 45.6 Å². The molecule has 3 aliphatic rings. The second-order valence-electron chi connectivity index (χ2n) is 13.9. The Morgan fingerprint density at radius 2 is 1.56 bits per heavy atom. The van der Waals surface area contributed by atoms with Gasteiger partial charge in [0.1, 0.15) is 17.6 Å². The van der Waals surface area contributed by atoms with Gasteiger partial charge in [-0.05, 0) is 75.1 Å². The quantitative estimate of drug-likeness (QED) is 0.0633. The molecular formula is C41H45FN6O11. The minimum atomic E-state index is -1.11. The first-order valence-corrected chi connectivity index (χ1v) is 19.2. The van der Waals surface area contributed by atoms with Gasteiger partial charge in [0.25, 0.3) is 29.5 Å². The lowest BCUT2D eigenvalue weighted by atomic mass is 10.0. The van der Waals surface area contributed by atoms with Crippen LogP contribution in [0.2, 0.25) is 0 Å². The smallest absolute Gasteiger partial charge is 0.266 e. The molecule has 4 heterocycles. The van der Waals surface area contributed by atoms with Gasteiger partial charge in [-0.2, -0.15) is 0 Å². The molecule has 0 bridgehead atoms. The number of amides is 7. The summed E-state index contributed by atoms with van der Waals surface area (Å²) in [5.74, 6) is -4.02. The maximum absolute atomic E-state index is 13.8. The molecule has 7 amide bonds. The number of ether oxygens (including phenoxy) is 4. The molecule has 0 spiro atoms. The Labute approximate surface area is 338 Å². The van der Waals surface area contributed by atoms with Gasteiger partial charge in [0, 0.05) is 55.4 Å². The van der Waals surface area contributed by atoms with Gasteiger partial charge in [-0.1, -0.05) is 6.07 Å². The second kappa shape index (κ2) is 19.5. The zero-order valence-corrected chi connectivity index (χ0v) is 32.6. The number of hydrogen-bond donors (Lipinski definition) is 5. The molecule has 312 valence electrons. The van der Waals surface area contributed by atoms with Crippen LogP contribution in [0, 0.1) is 19.7 Å². The molecule has 1 unspecified atom stereocenters. The molecule has 0 saturated carbocycles.